The van der Waals surface area contributed by atoms with Crippen molar-refractivity contribution in [3.8, 4) is 11.6 Å². The van der Waals surface area contributed by atoms with Gasteiger partial charge >= 0.3 is 6.09 Å². The van der Waals surface area contributed by atoms with E-state index in [1.807, 2.05) is 0 Å². The molecule has 1 aromatic carbocycles. The molecule has 9 nitrogen and oxygen atoms in total. The van der Waals surface area contributed by atoms with Crippen molar-refractivity contribution in [2.24, 2.45) is 5.11 Å². The fourth-order valence-corrected chi connectivity index (χ4v) is 1.42. The second-order valence-corrected chi connectivity index (χ2v) is 3.70. The minimum absolute atomic E-state index is 0.0717. The molecule has 0 radical (unpaired) electrons. The summed E-state index contributed by atoms with van der Waals surface area (Å²) in [6, 6.07) is 2.38. The zero-order valence-corrected chi connectivity index (χ0v) is 10.6. The lowest BCUT2D eigenvalue weighted by Gasteiger charge is -2.08. The van der Waals surface area contributed by atoms with Crippen molar-refractivity contribution in [3.63, 3.8) is 0 Å². The molecule has 2 rings (SSSR count). The van der Waals surface area contributed by atoms with E-state index >= 15 is 0 Å². The number of hydrogen-bond donors (Lipinski definition) is 2. The van der Waals surface area contributed by atoms with Crippen molar-refractivity contribution in [3.05, 3.63) is 46.6 Å². The second kappa shape index (κ2) is 6.33. The third-order valence-corrected chi connectivity index (χ3v) is 2.25. The Morgan fingerprint density at radius 3 is 2.77 bits per heavy atom. The number of nitrogens with zero attached hydrogens (tertiary/aromatic N) is 5. The Balaban J connectivity index is 2.30. The van der Waals surface area contributed by atoms with Crippen molar-refractivity contribution >= 4 is 17.6 Å². The van der Waals surface area contributed by atoms with Gasteiger partial charge in [0, 0.05) is 23.1 Å². The molecule has 0 saturated heterocycles. The fraction of sp³-hybridized carbons (Fsp3) is 0. The average molecular weight is 308 g/mol. The Morgan fingerprint density at radius 1 is 1.32 bits per heavy atom. The molecule has 0 atom stereocenters. The van der Waals surface area contributed by atoms with E-state index in [0.29, 0.717) is 12.1 Å². The van der Waals surface area contributed by atoms with E-state index in [1.165, 1.54) is 0 Å². The summed E-state index contributed by atoms with van der Waals surface area (Å²) in [5, 5.41) is 13.4. The number of azide groups is 1. The van der Waals surface area contributed by atoms with Crippen LogP contribution in [0.3, 0.4) is 0 Å². The summed E-state index contributed by atoms with van der Waals surface area (Å²) in [5.74, 6) is -2.84. The van der Waals surface area contributed by atoms with Crippen LogP contribution in [0.4, 0.5) is 25.1 Å². The van der Waals surface area contributed by atoms with Crippen LogP contribution in [0.2, 0.25) is 0 Å². The largest absolute Gasteiger partial charge is 0.465 e. The van der Waals surface area contributed by atoms with E-state index in [0.717, 1.165) is 12.4 Å². The molecule has 0 fully saturated rings. The van der Waals surface area contributed by atoms with Gasteiger partial charge < -0.3 is 9.84 Å². The Morgan fingerprint density at radius 2 is 2.09 bits per heavy atom. The van der Waals surface area contributed by atoms with Crippen molar-refractivity contribution in [2.45, 2.75) is 0 Å². The fourth-order valence-electron chi connectivity index (χ4n) is 1.42. The van der Waals surface area contributed by atoms with Gasteiger partial charge in [0.2, 0.25) is 5.88 Å². The molecule has 1 heterocycles. The molecular weight excluding hydrogens is 302 g/mol. The van der Waals surface area contributed by atoms with Gasteiger partial charge in [-0.3, -0.25) is 5.32 Å². The van der Waals surface area contributed by atoms with E-state index in [1.54, 1.807) is 5.32 Å². The number of benzene rings is 1. The number of carboxylic acid groups (broad SMARTS) is 1. The minimum atomic E-state index is -1.54. The lowest BCUT2D eigenvalue weighted by atomic mass is 10.2. The topological polar surface area (TPSA) is 133 Å². The van der Waals surface area contributed by atoms with Crippen molar-refractivity contribution in [1.82, 2.24) is 9.97 Å². The number of rotatable bonds is 4. The van der Waals surface area contributed by atoms with E-state index in [4.69, 9.17) is 15.4 Å². The van der Waals surface area contributed by atoms with Crippen molar-refractivity contribution in [1.29, 1.82) is 0 Å². The highest BCUT2D eigenvalue weighted by atomic mass is 19.1. The second-order valence-electron chi connectivity index (χ2n) is 3.70. The highest BCUT2D eigenvalue weighted by molar-refractivity contribution is 5.83. The Hall–Kier alpha value is -3.46. The first-order valence-electron chi connectivity index (χ1n) is 5.53. The average Bonchev–Trinajstić information content (AvgIpc) is 2.44. The van der Waals surface area contributed by atoms with Gasteiger partial charge in [0.05, 0.1) is 5.69 Å². The molecule has 0 aliphatic heterocycles. The van der Waals surface area contributed by atoms with Gasteiger partial charge in [0.15, 0.2) is 17.4 Å². The van der Waals surface area contributed by atoms with Crippen LogP contribution in [0.15, 0.2) is 29.6 Å². The lowest BCUT2D eigenvalue weighted by Crippen LogP contribution is -2.09. The Labute approximate surface area is 120 Å². The summed E-state index contributed by atoms with van der Waals surface area (Å²) in [5.41, 5.74) is 7.72. The van der Waals surface area contributed by atoms with E-state index in [9.17, 15) is 13.6 Å². The molecule has 0 aliphatic carbocycles. The molecule has 2 N–H and O–H groups in total. The zero-order valence-electron chi connectivity index (χ0n) is 10.6. The van der Waals surface area contributed by atoms with Crippen LogP contribution in [-0.2, 0) is 0 Å². The third-order valence-electron chi connectivity index (χ3n) is 2.25. The monoisotopic (exact) mass is 308 g/mol. The summed E-state index contributed by atoms with van der Waals surface area (Å²) in [6.07, 6.45) is -0.532. The predicted octanol–water partition coefficient (Wildman–Crippen LogP) is 3.58. The standard InChI is InChI=1S/C11H6F2N6O3/c12-5-2-8(6(13)1-7(5)17-11(20)21)22-10-3-9(18-19-14)15-4-16-10/h1-4,17H,(H,20,21). The SMILES string of the molecule is [N-]=[N+]=Nc1cc(Oc2cc(F)c(NC(=O)O)cc2F)ncn1. The van der Waals surface area contributed by atoms with Gasteiger partial charge in [0.1, 0.15) is 12.1 Å². The molecule has 2 aromatic rings. The summed E-state index contributed by atoms with van der Waals surface area (Å²) in [6.45, 7) is 0. The molecule has 1 amide bonds. The van der Waals surface area contributed by atoms with Gasteiger partial charge in [-0.25, -0.2) is 23.5 Å². The smallest absolute Gasteiger partial charge is 0.409 e. The first kappa shape index (κ1) is 14.9. The third kappa shape index (κ3) is 3.55. The summed E-state index contributed by atoms with van der Waals surface area (Å²) in [7, 11) is 0. The number of amides is 1. The summed E-state index contributed by atoms with van der Waals surface area (Å²) < 4.78 is 32.4. The molecule has 0 bridgehead atoms. The molecular formula is C11H6F2N6O3. The minimum Gasteiger partial charge on any atom is -0.465 e. The molecule has 11 heteroatoms. The Kier molecular flexibility index (Phi) is 4.30. The van der Waals surface area contributed by atoms with Crippen molar-refractivity contribution in [2.75, 3.05) is 5.32 Å². The number of aromatic nitrogens is 2. The van der Waals surface area contributed by atoms with Crippen LogP contribution >= 0.6 is 0 Å². The lowest BCUT2D eigenvalue weighted by molar-refractivity contribution is 0.209. The molecule has 112 valence electrons. The molecule has 0 aliphatic rings. The first-order chi connectivity index (χ1) is 10.5. The maximum Gasteiger partial charge on any atom is 0.409 e. The summed E-state index contributed by atoms with van der Waals surface area (Å²) >= 11 is 0. The maximum atomic E-state index is 13.8. The van der Waals surface area contributed by atoms with E-state index in [-0.39, 0.29) is 11.7 Å². The number of anilines is 1. The zero-order chi connectivity index (χ0) is 16.1. The summed E-state index contributed by atoms with van der Waals surface area (Å²) in [4.78, 5) is 20.2. The van der Waals surface area contributed by atoms with Gasteiger partial charge in [0.25, 0.3) is 0 Å². The van der Waals surface area contributed by atoms with Crippen LogP contribution in [0.25, 0.3) is 10.4 Å². The molecule has 0 unspecified atom stereocenters. The Bertz CT molecular complexity index is 778. The number of carbonyl (C=O) groups is 1. The van der Waals surface area contributed by atoms with Crippen LogP contribution < -0.4 is 10.1 Å². The number of halogens is 2. The van der Waals surface area contributed by atoms with Gasteiger partial charge in [-0.1, -0.05) is 0 Å². The number of ether oxygens (including phenoxy) is 1. The quantitative estimate of drug-likeness (QED) is 0.506. The molecule has 0 spiro atoms. The van der Waals surface area contributed by atoms with Crippen LogP contribution in [0, 0.1) is 11.6 Å². The van der Waals surface area contributed by atoms with Crippen LogP contribution in [-0.4, -0.2) is 21.2 Å². The van der Waals surface area contributed by atoms with Crippen LogP contribution in [0.5, 0.6) is 11.6 Å². The van der Waals surface area contributed by atoms with E-state index in [2.05, 4.69) is 20.0 Å². The van der Waals surface area contributed by atoms with Gasteiger partial charge in [-0.2, -0.15) is 0 Å². The predicted molar refractivity (Wildman–Crippen MR) is 68.9 cm³/mol. The van der Waals surface area contributed by atoms with Gasteiger partial charge in [-0.05, 0) is 10.6 Å². The van der Waals surface area contributed by atoms with E-state index < -0.39 is 29.2 Å². The number of nitrogens with one attached hydrogen (secondary N) is 1. The highest BCUT2D eigenvalue weighted by Gasteiger charge is 2.14. The van der Waals surface area contributed by atoms with Gasteiger partial charge in [-0.15, -0.1) is 0 Å². The molecule has 22 heavy (non-hydrogen) atoms. The van der Waals surface area contributed by atoms with Crippen LogP contribution in [0.1, 0.15) is 0 Å². The first-order valence-corrected chi connectivity index (χ1v) is 5.53. The molecule has 0 saturated carbocycles. The normalized spacial score (nSPS) is 9.73. The number of hydrogen-bond acceptors (Lipinski definition) is 5. The van der Waals surface area contributed by atoms with Crippen molar-refractivity contribution < 1.29 is 23.4 Å². The molecule has 1 aromatic heterocycles. The highest BCUT2D eigenvalue weighted by Crippen LogP contribution is 2.29. The maximum absolute atomic E-state index is 13.8.